The van der Waals surface area contributed by atoms with Gasteiger partial charge in [-0.25, -0.2) is 15.0 Å². The average molecular weight is 372 g/mol. The van der Waals surface area contributed by atoms with Gasteiger partial charge in [0.25, 0.3) is 5.56 Å². The molecule has 0 saturated heterocycles. The van der Waals surface area contributed by atoms with Crippen molar-refractivity contribution in [3.05, 3.63) is 32.0 Å². The molecule has 0 saturated carbocycles. The van der Waals surface area contributed by atoms with Crippen molar-refractivity contribution in [2.24, 2.45) is 0 Å². The number of nitrogens with zero attached hydrogens (tertiary/aromatic N) is 3. The third kappa shape index (κ3) is 2.91. The second-order valence-electron chi connectivity index (χ2n) is 4.21. The van der Waals surface area contributed by atoms with Crippen LogP contribution < -0.4 is 10.3 Å². The van der Waals surface area contributed by atoms with Crippen LogP contribution in [0.2, 0.25) is 0 Å². The molecule has 0 bridgehead atoms. The maximum absolute atomic E-state index is 11.9. The summed E-state index contributed by atoms with van der Waals surface area (Å²) in [5, 5.41) is 0. The summed E-state index contributed by atoms with van der Waals surface area (Å²) in [5.74, 6) is 1.02. The van der Waals surface area contributed by atoms with Gasteiger partial charge in [-0.1, -0.05) is 13.8 Å². The standard InChI is InChI=1S/C12H13IN4O2/c1-6(2)10-9(13)12(18)17-11(16-10)7-4-8(19-3)15-5-14-7/h4-6H,1-3H3,(H,16,17,18). The summed E-state index contributed by atoms with van der Waals surface area (Å²) < 4.78 is 5.64. The fourth-order valence-electron chi connectivity index (χ4n) is 1.56. The summed E-state index contributed by atoms with van der Waals surface area (Å²) in [6.07, 6.45) is 1.38. The van der Waals surface area contributed by atoms with Crippen molar-refractivity contribution in [3.8, 4) is 17.4 Å². The summed E-state index contributed by atoms with van der Waals surface area (Å²) in [7, 11) is 1.52. The number of aromatic amines is 1. The highest BCUT2D eigenvalue weighted by Crippen LogP contribution is 2.20. The predicted octanol–water partition coefficient (Wildman–Crippen LogP) is 1.96. The lowest BCUT2D eigenvalue weighted by atomic mass is 10.1. The average Bonchev–Trinajstić information content (AvgIpc) is 2.41. The largest absolute Gasteiger partial charge is 0.481 e. The summed E-state index contributed by atoms with van der Waals surface area (Å²) in [5.41, 5.74) is 1.13. The van der Waals surface area contributed by atoms with Crippen molar-refractivity contribution in [2.75, 3.05) is 7.11 Å². The van der Waals surface area contributed by atoms with Gasteiger partial charge in [-0.05, 0) is 28.5 Å². The fourth-order valence-corrected chi connectivity index (χ4v) is 2.44. The predicted molar refractivity (Wildman–Crippen MR) is 79.2 cm³/mol. The van der Waals surface area contributed by atoms with Gasteiger partial charge in [-0.15, -0.1) is 0 Å². The summed E-state index contributed by atoms with van der Waals surface area (Å²) >= 11 is 2.01. The van der Waals surface area contributed by atoms with E-state index in [9.17, 15) is 4.79 Å². The summed E-state index contributed by atoms with van der Waals surface area (Å²) in [6, 6.07) is 1.63. The minimum Gasteiger partial charge on any atom is -0.481 e. The van der Waals surface area contributed by atoms with E-state index in [2.05, 4.69) is 19.9 Å². The van der Waals surface area contributed by atoms with Crippen molar-refractivity contribution in [1.29, 1.82) is 0 Å². The smallest absolute Gasteiger partial charge is 0.264 e. The molecule has 0 amide bonds. The minimum absolute atomic E-state index is 0.160. The molecule has 19 heavy (non-hydrogen) atoms. The lowest BCUT2D eigenvalue weighted by molar-refractivity contribution is 0.397. The first kappa shape index (κ1) is 13.9. The van der Waals surface area contributed by atoms with E-state index in [0.29, 0.717) is 21.0 Å². The third-order valence-corrected chi connectivity index (χ3v) is 3.57. The van der Waals surface area contributed by atoms with Crippen LogP contribution in [0, 0.1) is 3.57 Å². The van der Waals surface area contributed by atoms with Gasteiger partial charge in [-0.3, -0.25) is 4.79 Å². The van der Waals surface area contributed by atoms with Crippen molar-refractivity contribution >= 4 is 22.6 Å². The van der Waals surface area contributed by atoms with Crippen LogP contribution in [0.25, 0.3) is 11.5 Å². The lowest BCUT2D eigenvalue weighted by Gasteiger charge is -2.09. The van der Waals surface area contributed by atoms with Gasteiger partial charge >= 0.3 is 0 Å². The zero-order chi connectivity index (χ0) is 14.0. The lowest BCUT2D eigenvalue weighted by Crippen LogP contribution is -2.17. The minimum atomic E-state index is -0.160. The molecule has 0 aliphatic carbocycles. The molecule has 0 aliphatic rings. The van der Waals surface area contributed by atoms with E-state index in [1.165, 1.54) is 13.4 Å². The van der Waals surface area contributed by atoms with Gasteiger partial charge in [0.2, 0.25) is 5.88 Å². The second kappa shape index (κ2) is 5.64. The van der Waals surface area contributed by atoms with E-state index >= 15 is 0 Å². The SMILES string of the molecule is COc1cc(-c2nc(C(C)C)c(I)c(=O)[nH]2)ncn1. The molecule has 0 fully saturated rings. The van der Waals surface area contributed by atoms with Crippen LogP contribution in [0.15, 0.2) is 17.2 Å². The van der Waals surface area contributed by atoms with E-state index in [1.54, 1.807) is 6.07 Å². The van der Waals surface area contributed by atoms with E-state index < -0.39 is 0 Å². The van der Waals surface area contributed by atoms with Crippen molar-refractivity contribution in [2.45, 2.75) is 19.8 Å². The highest BCUT2D eigenvalue weighted by atomic mass is 127. The maximum atomic E-state index is 11.9. The zero-order valence-corrected chi connectivity index (χ0v) is 12.9. The molecular formula is C12H13IN4O2. The first-order valence-corrected chi connectivity index (χ1v) is 6.77. The number of rotatable bonds is 3. The molecule has 2 aromatic rings. The molecule has 6 nitrogen and oxygen atoms in total. The van der Waals surface area contributed by atoms with Crippen molar-refractivity contribution in [3.63, 3.8) is 0 Å². The monoisotopic (exact) mass is 372 g/mol. The van der Waals surface area contributed by atoms with Gasteiger partial charge in [0.15, 0.2) is 5.82 Å². The normalized spacial score (nSPS) is 10.8. The first-order valence-electron chi connectivity index (χ1n) is 5.69. The Morgan fingerprint density at radius 2 is 2.11 bits per heavy atom. The molecule has 7 heteroatoms. The van der Waals surface area contributed by atoms with Gasteiger partial charge in [0.1, 0.15) is 12.0 Å². The highest BCUT2D eigenvalue weighted by Gasteiger charge is 2.14. The Bertz CT molecular complexity index is 654. The van der Waals surface area contributed by atoms with Gasteiger partial charge in [0, 0.05) is 6.07 Å². The Morgan fingerprint density at radius 1 is 1.37 bits per heavy atom. The van der Waals surface area contributed by atoms with Gasteiger partial charge in [-0.2, -0.15) is 0 Å². The molecule has 0 unspecified atom stereocenters. The third-order valence-electron chi connectivity index (χ3n) is 2.53. The molecule has 2 rings (SSSR count). The fraction of sp³-hybridized carbons (Fsp3) is 0.333. The van der Waals surface area contributed by atoms with E-state index in [1.807, 2.05) is 36.4 Å². The van der Waals surface area contributed by atoms with Crippen molar-refractivity contribution < 1.29 is 4.74 Å². The Hall–Kier alpha value is -1.51. The zero-order valence-electron chi connectivity index (χ0n) is 10.8. The number of nitrogens with one attached hydrogen (secondary N) is 1. The number of hydrogen-bond acceptors (Lipinski definition) is 5. The highest BCUT2D eigenvalue weighted by molar-refractivity contribution is 14.1. The molecule has 0 radical (unpaired) electrons. The van der Waals surface area contributed by atoms with E-state index in [4.69, 9.17) is 4.74 Å². The number of hydrogen-bond donors (Lipinski definition) is 1. The maximum Gasteiger partial charge on any atom is 0.264 e. The van der Waals surface area contributed by atoms with Gasteiger partial charge in [0.05, 0.1) is 16.4 Å². The molecular weight excluding hydrogens is 359 g/mol. The first-order chi connectivity index (χ1) is 9.02. The number of H-pyrrole nitrogens is 1. The topological polar surface area (TPSA) is 80.8 Å². The van der Waals surface area contributed by atoms with Crippen LogP contribution in [0.4, 0.5) is 0 Å². The van der Waals surface area contributed by atoms with E-state index in [-0.39, 0.29) is 11.5 Å². The Kier molecular flexibility index (Phi) is 4.13. The molecule has 2 aromatic heterocycles. The second-order valence-corrected chi connectivity index (χ2v) is 5.29. The Balaban J connectivity index is 2.59. The Morgan fingerprint density at radius 3 is 2.74 bits per heavy atom. The van der Waals surface area contributed by atoms with Crippen LogP contribution in [-0.2, 0) is 0 Å². The molecule has 0 aliphatic heterocycles. The van der Waals surface area contributed by atoms with Gasteiger partial charge < -0.3 is 9.72 Å². The number of aromatic nitrogens is 4. The summed E-state index contributed by atoms with van der Waals surface area (Å²) in [6.45, 7) is 3.99. The number of ether oxygens (including phenoxy) is 1. The number of methoxy groups -OCH3 is 1. The van der Waals surface area contributed by atoms with Crippen LogP contribution in [0.3, 0.4) is 0 Å². The quantitative estimate of drug-likeness (QED) is 0.834. The van der Waals surface area contributed by atoms with E-state index in [0.717, 1.165) is 5.69 Å². The van der Waals surface area contributed by atoms with Crippen LogP contribution in [0.5, 0.6) is 5.88 Å². The Labute approximate surface area is 123 Å². The van der Waals surface area contributed by atoms with Crippen molar-refractivity contribution in [1.82, 2.24) is 19.9 Å². The molecule has 100 valence electrons. The van der Waals surface area contributed by atoms with Crippen LogP contribution >= 0.6 is 22.6 Å². The molecule has 2 heterocycles. The van der Waals surface area contributed by atoms with Crippen LogP contribution in [0.1, 0.15) is 25.5 Å². The summed E-state index contributed by atoms with van der Waals surface area (Å²) in [4.78, 5) is 27.1. The van der Waals surface area contributed by atoms with Crippen LogP contribution in [-0.4, -0.2) is 27.0 Å². The molecule has 0 aromatic carbocycles. The number of halogens is 1. The molecule has 1 N–H and O–H groups in total. The molecule has 0 spiro atoms. The molecule has 0 atom stereocenters.